The van der Waals surface area contributed by atoms with Crippen molar-refractivity contribution < 1.29 is 4.79 Å². The van der Waals surface area contributed by atoms with Crippen LogP contribution >= 0.6 is 22.7 Å². The predicted molar refractivity (Wildman–Crippen MR) is 113 cm³/mol. The number of hydrogen-bond donors (Lipinski definition) is 1. The van der Waals surface area contributed by atoms with Gasteiger partial charge in [-0.2, -0.15) is 5.26 Å². The van der Waals surface area contributed by atoms with Gasteiger partial charge in [0.2, 0.25) is 5.91 Å². The summed E-state index contributed by atoms with van der Waals surface area (Å²) < 4.78 is 0. The van der Waals surface area contributed by atoms with E-state index in [0.717, 1.165) is 20.9 Å². The molecule has 7 heteroatoms. The maximum atomic E-state index is 13.1. The SMILES string of the molecule is CN1C(=O)[C@@H](c2cccs2)[C@@](C)(c2cc(-c3cccc(C#N)c3)cs2)N=C1N. The van der Waals surface area contributed by atoms with Gasteiger partial charge in [-0.05, 0) is 53.1 Å². The van der Waals surface area contributed by atoms with Gasteiger partial charge in [-0.25, -0.2) is 4.99 Å². The fourth-order valence-corrected chi connectivity index (χ4v) is 5.49. The van der Waals surface area contributed by atoms with E-state index in [2.05, 4.69) is 12.1 Å². The van der Waals surface area contributed by atoms with E-state index in [0.29, 0.717) is 5.56 Å². The normalized spacial score (nSPS) is 22.0. The summed E-state index contributed by atoms with van der Waals surface area (Å²) in [5.41, 5.74) is 7.88. The number of nitrogens with two attached hydrogens (primary N) is 1. The highest BCUT2D eigenvalue weighted by atomic mass is 32.1. The lowest BCUT2D eigenvalue weighted by Gasteiger charge is -2.39. The molecule has 2 atom stereocenters. The number of rotatable bonds is 3. The number of aliphatic imine (C=N–C) groups is 1. The van der Waals surface area contributed by atoms with Gasteiger partial charge >= 0.3 is 0 Å². The highest BCUT2D eigenvalue weighted by molar-refractivity contribution is 7.11. The van der Waals surface area contributed by atoms with Gasteiger partial charge in [-0.15, -0.1) is 22.7 Å². The van der Waals surface area contributed by atoms with Crippen LogP contribution in [0, 0.1) is 11.3 Å². The molecule has 1 aliphatic rings. The van der Waals surface area contributed by atoms with Crippen LogP contribution in [0.4, 0.5) is 0 Å². The number of guanidine groups is 1. The van der Waals surface area contributed by atoms with Crippen LogP contribution in [0.15, 0.2) is 58.2 Å². The molecule has 0 unspecified atom stereocenters. The summed E-state index contributed by atoms with van der Waals surface area (Å²) in [7, 11) is 1.66. The molecule has 2 aromatic heterocycles. The number of benzene rings is 1. The predicted octanol–water partition coefficient (Wildman–Crippen LogP) is 4.13. The maximum absolute atomic E-state index is 13.1. The largest absolute Gasteiger partial charge is 0.369 e. The maximum Gasteiger partial charge on any atom is 0.240 e. The lowest BCUT2D eigenvalue weighted by Crippen LogP contribution is -2.52. The van der Waals surface area contributed by atoms with Gasteiger partial charge in [0.15, 0.2) is 5.96 Å². The zero-order chi connectivity index (χ0) is 19.9. The van der Waals surface area contributed by atoms with E-state index < -0.39 is 11.5 Å². The fraction of sp³-hybridized carbons (Fsp3) is 0.190. The molecule has 0 saturated carbocycles. The minimum absolute atomic E-state index is 0.0566. The molecule has 0 aliphatic carbocycles. The van der Waals surface area contributed by atoms with Crippen LogP contribution in [0.25, 0.3) is 11.1 Å². The van der Waals surface area contributed by atoms with E-state index in [-0.39, 0.29) is 11.9 Å². The Morgan fingerprint density at radius 3 is 2.75 bits per heavy atom. The molecule has 0 bridgehead atoms. The summed E-state index contributed by atoms with van der Waals surface area (Å²) in [4.78, 5) is 21.2. The first-order valence-corrected chi connectivity index (χ1v) is 10.5. The van der Waals surface area contributed by atoms with Crippen molar-refractivity contribution >= 4 is 34.5 Å². The Morgan fingerprint density at radius 1 is 1.21 bits per heavy atom. The number of likely N-dealkylation sites (N-methyl/N-ethyl adjacent to an activating group) is 1. The van der Waals surface area contributed by atoms with Crippen molar-refractivity contribution in [3.8, 4) is 17.2 Å². The topological polar surface area (TPSA) is 82.5 Å². The summed E-state index contributed by atoms with van der Waals surface area (Å²) >= 11 is 3.11. The molecule has 5 nitrogen and oxygen atoms in total. The zero-order valence-electron chi connectivity index (χ0n) is 15.4. The lowest BCUT2D eigenvalue weighted by molar-refractivity contribution is -0.130. The second kappa shape index (κ2) is 6.89. The molecular formula is C21H18N4OS2. The third-order valence-corrected chi connectivity index (χ3v) is 7.18. The molecular weight excluding hydrogens is 388 g/mol. The molecule has 1 aliphatic heterocycles. The monoisotopic (exact) mass is 406 g/mol. The van der Waals surface area contributed by atoms with Crippen LogP contribution in [-0.4, -0.2) is 23.8 Å². The van der Waals surface area contributed by atoms with Crippen LogP contribution in [0.5, 0.6) is 0 Å². The third kappa shape index (κ3) is 2.91. The molecule has 0 fully saturated rings. The van der Waals surface area contributed by atoms with Crippen molar-refractivity contribution in [2.75, 3.05) is 7.05 Å². The van der Waals surface area contributed by atoms with E-state index in [9.17, 15) is 4.79 Å². The average molecular weight is 407 g/mol. The van der Waals surface area contributed by atoms with Crippen molar-refractivity contribution in [3.05, 3.63) is 68.5 Å². The number of thiophene rings is 2. The Balaban J connectivity index is 1.83. The van der Waals surface area contributed by atoms with Crippen LogP contribution in [0.2, 0.25) is 0 Å². The Kier molecular flexibility index (Phi) is 4.53. The Labute approximate surface area is 171 Å². The number of hydrogen-bond acceptors (Lipinski definition) is 6. The van der Waals surface area contributed by atoms with Gasteiger partial charge in [0, 0.05) is 16.8 Å². The summed E-state index contributed by atoms with van der Waals surface area (Å²) in [6.07, 6.45) is 0. The van der Waals surface area contributed by atoms with Gasteiger partial charge in [0.05, 0.1) is 11.6 Å². The summed E-state index contributed by atoms with van der Waals surface area (Å²) in [5.74, 6) is -0.262. The minimum atomic E-state index is -0.783. The molecule has 3 aromatic rings. The van der Waals surface area contributed by atoms with Crippen molar-refractivity contribution in [1.82, 2.24) is 4.90 Å². The summed E-state index contributed by atoms with van der Waals surface area (Å²) in [6.45, 7) is 1.97. The number of carbonyl (C=O) groups excluding carboxylic acids is 1. The molecule has 4 rings (SSSR count). The van der Waals surface area contributed by atoms with Crippen molar-refractivity contribution in [2.45, 2.75) is 18.4 Å². The highest BCUT2D eigenvalue weighted by Gasteiger charge is 2.48. The molecule has 1 aromatic carbocycles. The smallest absolute Gasteiger partial charge is 0.240 e. The average Bonchev–Trinajstić information content (AvgIpc) is 3.39. The van der Waals surface area contributed by atoms with E-state index in [1.807, 2.05) is 48.0 Å². The third-order valence-electron chi connectivity index (χ3n) is 5.08. The Morgan fingerprint density at radius 2 is 2.04 bits per heavy atom. The first-order chi connectivity index (χ1) is 13.4. The molecule has 2 N–H and O–H groups in total. The van der Waals surface area contributed by atoms with Crippen LogP contribution < -0.4 is 5.73 Å². The molecule has 1 amide bonds. The molecule has 140 valence electrons. The Bertz CT molecular complexity index is 1110. The highest BCUT2D eigenvalue weighted by Crippen LogP contribution is 2.47. The zero-order valence-corrected chi connectivity index (χ0v) is 17.1. The lowest BCUT2D eigenvalue weighted by atomic mass is 9.81. The number of nitriles is 1. The molecule has 3 heterocycles. The number of nitrogens with zero attached hydrogens (tertiary/aromatic N) is 3. The second-order valence-corrected chi connectivity index (χ2v) is 8.75. The van der Waals surface area contributed by atoms with E-state index >= 15 is 0 Å². The first kappa shape index (κ1) is 18.4. The van der Waals surface area contributed by atoms with Crippen LogP contribution in [0.3, 0.4) is 0 Å². The molecule has 0 saturated heterocycles. The fourth-order valence-electron chi connectivity index (χ4n) is 3.50. The number of carbonyl (C=O) groups is 1. The van der Waals surface area contributed by atoms with Gasteiger partial charge in [-0.1, -0.05) is 18.2 Å². The van der Waals surface area contributed by atoms with E-state index in [1.165, 1.54) is 4.90 Å². The molecule has 0 radical (unpaired) electrons. The van der Waals surface area contributed by atoms with Gasteiger partial charge in [0.1, 0.15) is 11.5 Å². The first-order valence-electron chi connectivity index (χ1n) is 8.70. The van der Waals surface area contributed by atoms with Gasteiger partial charge in [-0.3, -0.25) is 9.69 Å². The standard InChI is InChI=1S/C21H18N4OS2/c1-21(17-10-15(12-28-17)14-6-3-5-13(9-14)11-22)18(16-7-4-8-27-16)19(26)25(2)20(23)24-21/h3-10,12,18H,1-2H3,(H2,23,24)/t18-,21-/m1/s1. The summed E-state index contributed by atoms with van der Waals surface area (Å²) in [6, 6.07) is 15.6. The summed E-state index contributed by atoms with van der Waals surface area (Å²) in [5, 5.41) is 13.2. The van der Waals surface area contributed by atoms with Gasteiger partial charge < -0.3 is 5.73 Å². The minimum Gasteiger partial charge on any atom is -0.369 e. The van der Waals surface area contributed by atoms with E-state index in [1.54, 1.807) is 35.8 Å². The van der Waals surface area contributed by atoms with Crippen molar-refractivity contribution in [2.24, 2.45) is 10.7 Å². The molecule has 0 spiro atoms. The van der Waals surface area contributed by atoms with Crippen LogP contribution in [0.1, 0.15) is 28.2 Å². The van der Waals surface area contributed by atoms with Gasteiger partial charge in [0.25, 0.3) is 0 Å². The quantitative estimate of drug-likeness (QED) is 0.710. The number of amides is 1. The van der Waals surface area contributed by atoms with E-state index in [4.69, 9.17) is 16.0 Å². The van der Waals surface area contributed by atoms with Crippen molar-refractivity contribution in [1.29, 1.82) is 5.26 Å². The molecule has 28 heavy (non-hydrogen) atoms. The Hall–Kier alpha value is -2.95. The van der Waals surface area contributed by atoms with Crippen molar-refractivity contribution in [3.63, 3.8) is 0 Å². The second-order valence-electron chi connectivity index (χ2n) is 6.86. The van der Waals surface area contributed by atoms with Crippen LogP contribution in [-0.2, 0) is 10.3 Å².